The summed E-state index contributed by atoms with van der Waals surface area (Å²) < 4.78 is 0. The third kappa shape index (κ3) is 1.70. The minimum atomic E-state index is 0.263. The lowest BCUT2D eigenvalue weighted by molar-refractivity contribution is 0.283. The van der Waals surface area contributed by atoms with Gasteiger partial charge in [-0.05, 0) is 25.2 Å². The van der Waals surface area contributed by atoms with E-state index in [9.17, 15) is 0 Å². The Balaban J connectivity index is 2.33. The van der Waals surface area contributed by atoms with Gasteiger partial charge < -0.3 is 11.5 Å². The molecule has 2 heteroatoms. The first kappa shape index (κ1) is 8.02. The second kappa shape index (κ2) is 3.35. The summed E-state index contributed by atoms with van der Waals surface area (Å²) in [6.07, 6.45) is 4.81. The fourth-order valence-corrected chi connectivity index (χ4v) is 1.69. The summed E-state index contributed by atoms with van der Waals surface area (Å²) in [7, 11) is 0. The molecule has 0 radical (unpaired) electrons. The molecule has 60 valence electrons. The van der Waals surface area contributed by atoms with Crippen LogP contribution in [0, 0.1) is 5.92 Å². The largest absolute Gasteiger partial charge is 0.326 e. The van der Waals surface area contributed by atoms with E-state index in [1.54, 1.807) is 0 Å². The van der Waals surface area contributed by atoms with Crippen molar-refractivity contribution in [2.24, 2.45) is 17.4 Å². The molecule has 4 N–H and O–H groups in total. The molecular formula is C8H18N2. The van der Waals surface area contributed by atoms with E-state index in [1.807, 2.05) is 0 Å². The van der Waals surface area contributed by atoms with Gasteiger partial charge in [0.1, 0.15) is 0 Å². The standard InChI is InChI=1S/C8H18N2/c1-2-6-3-4-7(9)8(10)5-6/h6-8H,2-5,9-10H2,1H3/t6?,7-,8+/m0/s1. The van der Waals surface area contributed by atoms with Crippen molar-refractivity contribution in [2.45, 2.75) is 44.7 Å². The molecule has 0 bridgehead atoms. The summed E-state index contributed by atoms with van der Waals surface area (Å²) in [5.41, 5.74) is 11.6. The fraction of sp³-hybridized carbons (Fsp3) is 1.00. The Kier molecular flexibility index (Phi) is 2.69. The molecule has 1 aliphatic rings. The Bertz CT molecular complexity index is 103. The highest BCUT2D eigenvalue weighted by Gasteiger charge is 2.23. The van der Waals surface area contributed by atoms with E-state index in [4.69, 9.17) is 11.5 Å². The quantitative estimate of drug-likeness (QED) is 0.570. The highest BCUT2D eigenvalue weighted by molar-refractivity contribution is 4.84. The van der Waals surface area contributed by atoms with Crippen LogP contribution >= 0.6 is 0 Å². The van der Waals surface area contributed by atoms with Crippen LogP contribution in [0.15, 0.2) is 0 Å². The molecule has 1 fully saturated rings. The zero-order valence-electron chi connectivity index (χ0n) is 6.72. The third-order valence-corrected chi connectivity index (χ3v) is 2.64. The monoisotopic (exact) mass is 142 g/mol. The molecule has 1 aliphatic carbocycles. The number of nitrogens with two attached hydrogens (primary N) is 2. The Morgan fingerprint density at radius 2 is 1.90 bits per heavy atom. The first-order chi connectivity index (χ1) is 4.74. The normalized spacial score (nSPS) is 41.7. The molecule has 2 nitrogen and oxygen atoms in total. The van der Waals surface area contributed by atoms with Gasteiger partial charge in [-0.2, -0.15) is 0 Å². The van der Waals surface area contributed by atoms with E-state index >= 15 is 0 Å². The van der Waals surface area contributed by atoms with Crippen LogP contribution in [0.2, 0.25) is 0 Å². The SMILES string of the molecule is CCC1CC[C@H](N)[C@H](N)C1. The zero-order valence-corrected chi connectivity index (χ0v) is 6.72. The molecule has 1 rings (SSSR count). The van der Waals surface area contributed by atoms with Gasteiger partial charge in [0.2, 0.25) is 0 Å². The summed E-state index contributed by atoms with van der Waals surface area (Å²) in [5.74, 6) is 0.842. The topological polar surface area (TPSA) is 52.0 Å². The van der Waals surface area contributed by atoms with Crippen molar-refractivity contribution in [3.63, 3.8) is 0 Å². The summed E-state index contributed by atoms with van der Waals surface area (Å²) in [6.45, 7) is 2.23. The lowest BCUT2D eigenvalue weighted by Gasteiger charge is -2.30. The predicted molar refractivity (Wildman–Crippen MR) is 43.6 cm³/mol. The number of hydrogen-bond donors (Lipinski definition) is 2. The summed E-state index contributed by atoms with van der Waals surface area (Å²) in [4.78, 5) is 0. The first-order valence-corrected chi connectivity index (χ1v) is 4.25. The maximum atomic E-state index is 5.82. The zero-order chi connectivity index (χ0) is 7.56. The minimum Gasteiger partial charge on any atom is -0.326 e. The molecular weight excluding hydrogens is 124 g/mol. The summed E-state index contributed by atoms with van der Waals surface area (Å²) >= 11 is 0. The Morgan fingerprint density at radius 3 is 2.40 bits per heavy atom. The van der Waals surface area contributed by atoms with Crippen molar-refractivity contribution < 1.29 is 0 Å². The first-order valence-electron chi connectivity index (χ1n) is 4.25. The second-order valence-corrected chi connectivity index (χ2v) is 3.42. The van der Waals surface area contributed by atoms with E-state index in [0.29, 0.717) is 0 Å². The van der Waals surface area contributed by atoms with Gasteiger partial charge in [-0.15, -0.1) is 0 Å². The lowest BCUT2D eigenvalue weighted by Crippen LogP contribution is -2.45. The summed E-state index contributed by atoms with van der Waals surface area (Å²) in [5, 5.41) is 0. The molecule has 0 aromatic rings. The van der Waals surface area contributed by atoms with E-state index in [2.05, 4.69) is 6.92 Å². The molecule has 0 spiro atoms. The fourth-order valence-electron chi connectivity index (χ4n) is 1.69. The van der Waals surface area contributed by atoms with E-state index in [1.165, 1.54) is 12.8 Å². The minimum absolute atomic E-state index is 0.263. The maximum Gasteiger partial charge on any atom is 0.0194 e. The van der Waals surface area contributed by atoms with Gasteiger partial charge in [-0.25, -0.2) is 0 Å². The Morgan fingerprint density at radius 1 is 1.20 bits per heavy atom. The predicted octanol–water partition coefficient (Wildman–Crippen LogP) is 0.851. The highest BCUT2D eigenvalue weighted by atomic mass is 14.8. The van der Waals surface area contributed by atoms with Crippen molar-refractivity contribution in [3.05, 3.63) is 0 Å². The molecule has 0 aromatic heterocycles. The lowest BCUT2D eigenvalue weighted by atomic mass is 9.82. The van der Waals surface area contributed by atoms with Crippen LogP contribution in [0.3, 0.4) is 0 Å². The molecule has 1 saturated carbocycles. The van der Waals surface area contributed by atoms with Gasteiger partial charge in [-0.3, -0.25) is 0 Å². The van der Waals surface area contributed by atoms with Gasteiger partial charge in [0, 0.05) is 12.1 Å². The van der Waals surface area contributed by atoms with Crippen molar-refractivity contribution in [2.75, 3.05) is 0 Å². The van der Waals surface area contributed by atoms with E-state index in [0.717, 1.165) is 18.8 Å². The molecule has 0 heterocycles. The second-order valence-electron chi connectivity index (χ2n) is 3.42. The molecule has 0 aromatic carbocycles. The van der Waals surface area contributed by atoms with Crippen LogP contribution in [-0.4, -0.2) is 12.1 Å². The van der Waals surface area contributed by atoms with E-state index < -0.39 is 0 Å². The van der Waals surface area contributed by atoms with Gasteiger partial charge in [0.05, 0.1) is 0 Å². The van der Waals surface area contributed by atoms with Crippen LogP contribution in [-0.2, 0) is 0 Å². The maximum absolute atomic E-state index is 5.82. The van der Waals surface area contributed by atoms with Gasteiger partial charge in [0.25, 0.3) is 0 Å². The molecule has 1 unspecified atom stereocenters. The molecule has 0 saturated heterocycles. The smallest absolute Gasteiger partial charge is 0.0194 e. The van der Waals surface area contributed by atoms with Crippen LogP contribution in [0.5, 0.6) is 0 Å². The van der Waals surface area contributed by atoms with Crippen molar-refractivity contribution >= 4 is 0 Å². The number of rotatable bonds is 1. The van der Waals surface area contributed by atoms with E-state index in [-0.39, 0.29) is 12.1 Å². The van der Waals surface area contributed by atoms with Crippen LogP contribution in [0.1, 0.15) is 32.6 Å². The van der Waals surface area contributed by atoms with Gasteiger partial charge in [0.15, 0.2) is 0 Å². The van der Waals surface area contributed by atoms with Crippen molar-refractivity contribution in [1.82, 2.24) is 0 Å². The number of hydrogen-bond acceptors (Lipinski definition) is 2. The highest BCUT2D eigenvalue weighted by Crippen LogP contribution is 2.24. The third-order valence-electron chi connectivity index (χ3n) is 2.64. The molecule has 0 aliphatic heterocycles. The molecule has 10 heavy (non-hydrogen) atoms. The van der Waals surface area contributed by atoms with Gasteiger partial charge >= 0.3 is 0 Å². The van der Waals surface area contributed by atoms with Crippen molar-refractivity contribution in [1.29, 1.82) is 0 Å². The average molecular weight is 142 g/mol. The van der Waals surface area contributed by atoms with Crippen LogP contribution in [0.4, 0.5) is 0 Å². The van der Waals surface area contributed by atoms with Gasteiger partial charge in [-0.1, -0.05) is 13.3 Å². The van der Waals surface area contributed by atoms with Crippen molar-refractivity contribution in [3.8, 4) is 0 Å². The Hall–Kier alpha value is -0.0800. The molecule has 3 atom stereocenters. The van der Waals surface area contributed by atoms with Crippen LogP contribution < -0.4 is 11.5 Å². The average Bonchev–Trinajstić information content (AvgIpc) is 1.95. The Labute approximate surface area is 63.0 Å². The van der Waals surface area contributed by atoms with Crippen LogP contribution in [0.25, 0.3) is 0 Å². The molecule has 0 amide bonds. The summed E-state index contributed by atoms with van der Waals surface area (Å²) in [6, 6.07) is 0.529.